The number of hydrogen-bond acceptors (Lipinski definition) is 5. The number of hydrogen-bond donors (Lipinski definition) is 4. The monoisotopic (exact) mass is 467 g/mol. The maximum Gasteiger partial charge on any atom is 0.295 e. The number of rotatable bonds is 8. The molecule has 8 nitrogen and oxygen atoms in total. The molecule has 0 aromatic heterocycles. The second-order valence-corrected chi connectivity index (χ2v) is 8.82. The average molecular weight is 468 g/mol. The van der Waals surface area contributed by atoms with Crippen LogP contribution in [0.25, 0.3) is 11.1 Å². The summed E-state index contributed by atoms with van der Waals surface area (Å²) in [5.74, 6) is -1.73. The maximum atomic E-state index is 12.7. The highest BCUT2D eigenvalue weighted by atomic mass is 32.2. The molecular weight excluding hydrogens is 442 g/mol. The first-order chi connectivity index (χ1) is 15.7. The van der Waals surface area contributed by atoms with Crippen LogP contribution in [0.1, 0.15) is 17.0 Å². The molecule has 0 fully saturated rings. The SMILES string of the molecule is CNC(=O)[C@@H](C(=O)NCCc1ccc(-c2cc(N)ccc2S(=O)(=O)O)cc1)c1ccccc1. The van der Waals surface area contributed by atoms with Gasteiger partial charge in [0, 0.05) is 24.8 Å². The van der Waals surface area contributed by atoms with E-state index in [1.54, 1.807) is 48.5 Å². The first-order valence-corrected chi connectivity index (χ1v) is 11.7. The molecule has 0 saturated carbocycles. The van der Waals surface area contributed by atoms with Crippen LogP contribution in [-0.2, 0) is 26.1 Å². The van der Waals surface area contributed by atoms with Gasteiger partial charge in [-0.15, -0.1) is 0 Å². The van der Waals surface area contributed by atoms with Crippen LogP contribution in [0.5, 0.6) is 0 Å². The van der Waals surface area contributed by atoms with E-state index in [0.717, 1.165) is 5.56 Å². The summed E-state index contributed by atoms with van der Waals surface area (Å²) < 4.78 is 32.9. The van der Waals surface area contributed by atoms with E-state index >= 15 is 0 Å². The molecule has 0 aliphatic heterocycles. The van der Waals surface area contributed by atoms with Gasteiger partial charge in [0.05, 0.1) is 0 Å². The van der Waals surface area contributed by atoms with E-state index in [1.165, 1.54) is 25.2 Å². The van der Waals surface area contributed by atoms with Crippen molar-refractivity contribution in [3.63, 3.8) is 0 Å². The van der Waals surface area contributed by atoms with Gasteiger partial charge in [0.25, 0.3) is 10.1 Å². The molecule has 0 bridgehead atoms. The van der Waals surface area contributed by atoms with Crippen LogP contribution in [0.2, 0.25) is 0 Å². The molecule has 1 atom stereocenters. The maximum absolute atomic E-state index is 12.7. The second kappa shape index (κ2) is 10.3. The first-order valence-electron chi connectivity index (χ1n) is 10.2. The fourth-order valence-electron chi connectivity index (χ4n) is 3.49. The molecule has 0 spiro atoms. The fourth-order valence-corrected chi connectivity index (χ4v) is 4.19. The summed E-state index contributed by atoms with van der Waals surface area (Å²) in [4.78, 5) is 24.7. The Balaban J connectivity index is 1.69. The van der Waals surface area contributed by atoms with Crippen molar-refractivity contribution in [3.05, 3.63) is 83.9 Å². The van der Waals surface area contributed by atoms with Crippen LogP contribution in [0.15, 0.2) is 77.7 Å². The molecule has 3 aromatic carbocycles. The van der Waals surface area contributed by atoms with Crippen molar-refractivity contribution in [2.75, 3.05) is 19.3 Å². The average Bonchev–Trinajstić information content (AvgIpc) is 2.79. The van der Waals surface area contributed by atoms with E-state index < -0.39 is 21.9 Å². The van der Waals surface area contributed by atoms with Gasteiger partial charge in [0.15, 0.2) is 0 Å². The lowest BCUT2D eigenvalue weighted by Crippen LogP contribution is -2.39. The summed E-state index contributed by atoms with van der Waals surface area (Å²) in [5.41, 5.74) is 8.53. The topological polar surface area (TPSA) is 139 Å². The number of nitrogen functional groups attached to an aromatic ring is 1. The third kappa shape index (κ3) is 5.97. The standard InChI is InChI=1S/C24H25N3O5S/c1-26-23(28)22(18-5-3-2-4-6-18)24(29)27-14-13-16-7-9-17(10-8-16)20-15-19(25)11-12-21(20)33(30,31)32/h2-12,15,22H,13-14,25H2,1H3,(H,26,28)(H,27,29)(H,30,31,32)/t22-/m0/s1. The van der Waals surface area contributed by atoms with Crippen molar-refractivity contribution in [3.8, 4) is 11.1 Å². The molecule has 33 heavy (non-hydrogen) atoms. The number of anilines is 1. The van der Waals surface area contributed by atoms with E-state index in [-0.39, 0.29) is 10.8 Å². The number of benzene rings is 3. The second-order valence-electron chi connectivity index (χ2n) is 7.43. The largest absolute Gasteiger partial charge is 0.399 e. The molecular formula is C24H25N3O5S. The molecule has 0 saturated heterocycles. The Bertz CT molecular complexity index is 1240. The highest BCUT2D eigenvalue weighted by Crippen LogP contribution is 2.29. The highest BCUT2D eigenvalue weighted by Gasteiger charge is 2.27. The van der Waals surface area contributed by atoms with E-state index in [1.807, 2.05) is 6.07 Å². The van der Waals surface area contributed by atoms with Crippen molar-refractivity contribution >= 4 is 27.6 Å². The normalized spacial score (nSPS) is 12.1. The number of likely N-dealkylation sites (N-methyl/N-ethyl adjacent to an activating group) is 1. The van der Waals surface area contributed by atoms with Gasteiger partial charge < -0.3 is 16.4 Å². The first kappa shape index (κ1) is 24.0. The van der Waals surface area contributed by atoms with E-state index in [0.29, 0.717) is 35.3 Å². The Kier molecular flexibility index (Phi) is 7.47. The highest BCUT2D eigenvalue weighted by molar-refractivity contribution is 7.86. The summed E-state index contributed by atoms with van der Waals surface area (Å²) in [5, 5.41) is 5.32. The number of carbonyl (C=O) groups excluding carboxylic acids is 2. The fraction of sp³-hybridized carbons (Fsp3) is 0.167. The Morgan fingerprint density at radius 3 is 2.24 bits per heavy atom. The minimum absolute atomic E-state index is 0.224. The summed E-state index contributed by atoms with van der Waals surface area (Å²) in [7, 11) is -2.92. The molecule has 9 heteroatoms. The van der Waals surface area contributed by atoms with E-state index in [9.17, 15) is 22.6 Å². The van der Waals surface area contributed by atoms with Gasteiger partial charge in [-0.05, 0) is 41.3 Å². The molecule has 3 aromatic rings. The van der Waals surface area contributed by atoms with Gasteiger partial charge in [-0.25, -0.2) is 0 Å². The Morgan fingerprint density at radius 1 is 0.970 bits per heavy atom. The predicted octanol–water partition coefficient (Wildman–Crippen LogP) is 2.37. The van der Waals surface area contributed by atoms with Crippen molar-refractivity contribution in [1.82, 2.24) is 10.6 Å². The summed E-state index contributed by atoms with van der Waals surface area (Å²) in [6.45, 7) is 0.313. The number of carbonyl (C=O) groups is 2. The van der Waals surface area contributed by atoms with Crippen molar-refractivity contribution in [1.29, 1.82) is 0 Å². The predicted molar refractivity (Wildman–Crippen MR) is 126 cm³/mol. The van der Waals surface area contributed by atoms with Crippen molar-refractivity contribution < 1.29 is 22.6 Å². The Labute approximate surface area is 192 Å². The lowest BCUT2D eigenvalue weighted by molar-refractivity contribution is -0.131. The van der Waals surface area contributed by atoms with Crippen LogP contribution >= 0.6 is 0 Å². The van der Waals surface area contributed by atoms with E-state index in [4.69, 9.17) is 5.73 Å². The zero-order chi connectivity index (χ0) is 24.0. The van der Waals surface area contributed by atoms with Crippen LogP contribution in [0.3, 0.4) is 0 Å². The Morgan fingerprint density at radius 2 is 1.64 bits per heavy atom. The molecule has 0 aliphatic rings. The number of nitrogens with one attached hydrogen (secondary N) is 2. The molecule has 0 aliphatic carbocycles. The van der Waals surface area contributed by atoms with Crippen molar-refractivity contribution in [2.45, 2.75) is 17.2 Å². The molecule has 5 N–H and O–H groups in total. The van der Waals surface area contributed by atoms with Crippen LogP contribution < -0.4 is 16.4 Å². The van der Waals surface area contributed by atoms with Crippen LogP contribution in [-0.4, -0.2) is 38.4 Å². The summed E-state index contributed by atoms with van der Waals surface area (Å²) >= 11 is 0. The summed E-state index contributed by atoms with van der Waals surface area (Å²) in [6, 6.07) is 20.0. The van der Waals surface area contributed by atoms with Gasteiger partial charge in [0.2, 0.25) is 11.8 Å². The molecule has 2 amide bonds. The minimum atomic E-state index is -4.41. The molecule has 0 unspecified atom stereocenters. The molecule has 0 heterocycles. The summed E-state index contributed by atoms with van der Waals surface area (Å²) in [6.07, 6.45) is 0.503. The smallest absolute Gasteiger partial charge is 0.295 e. The van der Waals surface area contributed by atoms with Crippen LogP contribution in [0.4, 0.5) is 5.69 Å². The van der Waals surface area contributed by atoms with Gasteiger partial charge in [-0.1, -0.05) is 54.6 Å². The minimum Gasteiger partial charge on any atom is -0.399 e. The van der Waals surface area contributed by atoms with Gasteiger partial charge in [-0.3, -0.25) is 14.1 Å². The molecule has 3 rings (SSSR count). The quantitative estimate of drug-likeness (QED) is 0.228. The third-order valence-electron chi connectivity index (χ3n) is 5.16. The molecule has 0 radical (unpaired) electrons. The van der Waals surface area contributed by atoms with Crippen molar-refractivity contribution in [2.24, 2.45) is 0 Å². The Hall–Kier alpha value is -3.69. The lowest BCUT2D eigenvalue weighted by atomic mass is 9.97. The molecule has 172 valence electrons. The number of nitrogens with two attached hydrogens (primary N) is 1. The zero-order valence-electron chi connectivity index (χ0n) is 18.0. The van der Waals surface area contributed by atoms with Gasteiger partial charge >= 0.3 is 0 Å². The third-order valence-corrected chi connectivity index (χ3v) is 6.07. The van der Waals surface area contributed by atoms with Gasteiger partial charge in [0.1, 0.15) is 10.8 Å². The zero-order valence-corrected chi connectivity index (χ0v) is 18.8. The van der Waals surface area contributed by atoms with Gasteiger partial charge in [-0.2, -0.15) is 8.42 Å². The van der Waals surface area contributed by atoms with E-state index in [2.05, 4.69) is 10.6 Å². The lowest BCUT2D eigenvalue weighted by Gasteiger charge is -2.16. The van der Waals surface area contributed by atoms with Crippen LogP contribution in [0, 0.1) is 0 Å². The number of amides is 2.